The van der Waals surface area contributed by atoms with Crippen molar-refractivity contribution in [3.63, 3.8) is 0 Å². The summed E-state index contributed by atoms with van der Waals surface area (Å²) >= 11 is 0. The van der Waals surface area contributed by atoms with E-state index in [9.17, 15) is 9.18 Å². The quantitative estimate of drug-likeness (QED) is 0.340. The second kappa shape index (κ2) is 7.02. The van der Waals surface area contributed by atoms with E-state index >= 15 is 0 Å². The van der Waals surface area contributed by atoms with E-state index in [0.29, 0.717) is 23.2 Å². The van der Waals surface area contributed by atoms with Gasteiger partial charge in [0.05, 0.1) is 6.54 Å². The van der Waals surface area contributed by atoms with E-state index in [0.717, 1.165) is 21.7 Å². The molecule has 0 spiro atoms. The highest BCUT2D eigenvalue weighted by molar-refractivity contribution is 6.21. The number of halogens is 1. The average Bonchev–Trinajstić information content (AvgIpc) is 3.13. The molecule has 0 atom stereocenters. The molecular weight excluding hydrogens is 361 g/mol. The van der Waals surface area contributed by atoms with E-state index in [2.05, 4.69) is 0 Å². The highest BCUT2D eigenvalue weighted by Gasteiger charge is 2.19. The Balaban J connectivity index is 1.66. The van der Waals surface area contributed by atoms with E-state index in [1.54, 1.807) is 12.1 Å². The monoisotopic (exact) mass is 379 g/mol. The van der Waals surface area contributed by atoms with Crippen LogP contribution in [0.4, 0.5) is 4.39 Å². The van der Waals surface area contributed by atoms with Crippen molar-refractivity contribution < 1.29 is 9.18 Å². The number of nitrogens with zero attached hydrogens (tertiary/aromatic N) is 1. The highest BCUT2D eigenvalue weighted by Crippen LogP contribution is 2.28. The van der Waals surface area contributed by atoms with Gasteiger partial charge in [0.15, 0.2) is 5.78 Å². The lowest BCUT2D eigenvalue weighted by molar-refractivity contribution is 0.104. The van der Waals surface area contributed by atoms with E-state index in [4.69, 9.17) is 0 Å². The Labute approximate surface area is 167 Å². The van der Waals surface area contributed by atoms with Crippen LogP contribution < -0.4 is 0 Å². The molecule has 0 fully saturated rings. The molecule has 0 aliphatic rings. The number of benzene rings is 4. The van der Waals surface area contributed by atoms with Crippen LogP contribution in [-0.4, -0.2) is 10.4 Å². The molecule has 0 N–H and O–H groups in total. The van der Waals surface area contributed by atoms with Gasteiger partial charge in [0.2, 0.25) is 0 Å². The van der Waals surface area contributed by atoms with Crippen LogP contribution in [0, 0.1) is 5.82 Å². The summed E-state index contributed by atoms with van der Waals surface area (Å²) in [5.74, 6) is -0.266. The topological polar surface area (TPSA) is 22.0 Å². The molecule has 1 heterocycles. The summed E-state index contributed by atoms with van der Waals surface area (Å²) < 4.78 is 16.2. The number of hydrogen-bond acceptors (Lipinski definition) is 1. The first kappa shape index (κ1) is 17.4. The number of hydrogen-bond donors (Lipinski definition) is 0. The molecule has 29 heavy (non-hydrogen) atoms. The summed E-state index contributed by atoms with van der Waals surface area (Å²) in [6.07, 6.45) is 1.85. The number of para-hydroxylation sites is 1. The van der Waals surface area contributed by atoms with Gasteiger partial charge >= 0.3 is 0 Å². The van der Waals surface area contributed by atoms with Gasteiger partial charge in [-0.05, 0) is 22.9 Å². The van der Waals surface area contributed by atoms with Crippen molar-refractivity contribution in [2.45, 2.75) is 6.54 Å². The fourth-order valence-electron chi connectivity index (χ4n) is 3.94. The minimum atomic E-state index is -0.243. The predicted octanol–water partition coefficient (Wildman–Crippen LogP) is 6.21. The molecule has 5 rings (SSSR count). The van der Waals surface area contributed by atoms with Gasteiger partial charge in [-0.3, -0.25) is 4.79 Å². The Morgan fingerprint density at radius 3 is 2.28 bits per heavy atom. The fraction of sp³-hybridized carbons (Fsp3) is 0.0385. The van der Waals surface area contributed by atoms with E-state index < -0.39 is 0 Å². The van der Waals surface area contributed by atoms with Gasteiger partial charge in [0.25, 0.3) is 0 Å². The number of fused-ring (bicyclic) bond motifs is 2. The normalized spacial score (nSPS) is 11.2. The SMILES string of the molecule is O=C(c1cccc2ccccc12)c1cn(Cc2ccccc2F)c2ccccc12. The maximum absolute atomic E-state index is 14.2. The Bertz CT molecular complexity index is 1360. The van der Waals surface area contributed by atoms with Crippen LogP contribution in [0.2, 0.25) is 0 Å². The molecule has 0 bridgehead atoms. The van der Waals surface area contributed by atoms with Crippen molar-refractivity contribution in [1.82, 2.24) is 4.57 Å². The Hall–Kier alpha value is -3.72. The van der Waals surface area contributed by atoms with Crippen LogP contribution >= 0.6 is 0 Å². The molecule has 4 aromatic carbocycles. The van der Waals surface area contributed by atoms with E-state index in [1.807, 2.05) is 83.6 Å². The molecule has 140 valence electrons. The van der Waals surface area contributed by atoms with Crippen molar-refractivity contribution in [3.8, 4) is 0 Å². The highest BCUT2D eigenvalue weighted by atomic mass is 19.1. The van der Waals surface area contributed by atoms with Crippen LogP contribution in [0.15, 0.2) is 97.2 Å². The number of rotatable bonds is 4. The molecule has 5 aromatic rings. The number of carbonyl (C=O) groups excluding carboxylic acids is 1. The summed E-state index contributed by atoms with van der Waals surface area (Å²) in [5, 5.41) is 2.85. The smallest absolute Gasteiger partial charge is 0.195 e. The largest absolute Gasteiger partial charge is 0.342 e. The maximum atomic E-state index is 14.2. The van der Waals surface area contributed by atoms with Crippen molar-refractivity contribution >= 4 is 27.5 Å². The first-order valence-corrected chi connectivity index (χ1v) is 9.56. The second-order valence-electron chi connectivity index (χ2n) is 7.14. The molecule has 0 aliphatic heterocycles. The molecule has 0 unspecified atom stereocenters. The van der Waals surface area contributed by atoms with Gasteiger partial charge in [-0.2, -0.15) is 0 Å². The van der Waals surface area contributed by atoms with Gasteiger partial charge in [0, 0.05) is 33.8 Å². The van der Waals surface area contributed by atoms with Crippen LogP contribution in [0.1, 0.15) is 21.5 Å². The summed E-state index contributed by atoms with van der Waals surface area (Å²) in [5.41, 5.74) is 2.82. The summed E-state index contributed by atoms with van der Waals surface area (Å²) in [4.78, 5) is 13.5. The lowest BCUT2D eigenvalue weighted by Gasteiger charge is -2.06. The first-order chi connectivity index (χ1) is 14.2. The number of ketones is 1. The molecular formula is C26H18FNO. The zero-order valence-electron chi connectivity index (χ0n) is 15.7. The Morgan fingerprint density at radius 2 is 1.41 bits per heavy atom. The van der Waals surface area contributed by atoms with Crippen molar-refractivity contribution in [3.05, 3.63) is 120 Å². The molecule has 1 aromatic heterocycles. The zero-order chi connectivity index (χ0) is 19.8. The molecule has 0 amide bonds. The first-order valence-electron chi connectivity index (χ1n) is 9.56. The maximum Gasteiger partial charge on any atom is 0.195 e. The van der Waals surface area contributed by atoms with E-state index in [-0.39, 0.29) is 11.6 Å². The van der Waals surface area contributed by atoms with Crippen molar-refractivity contribution in [1.29, 1.82) is 0 Å². The predicted molar refractivity (Wildman–Crippen MR) is 115 cm³/mol. The molecule has 0 radical (unpaired) electrons. The molecule has 3 heteroatoms. The zero-order valence-corrected chi connectivity index (χ0v) is 15.7. The average molecular weight is 379 g/mol. The summed E-state index contributed by atoms with van der Waals surface area (Å²) in [7, 11) is 0. The second-order valence-corrected chi connectivity index (χ2v) is 7.14. The van der Waals surface area contributed by atoms with E-state index in [1.165, 1.54) is 6.07 Å². The molecule has 0 aliphatic carbocycles. The molecule has 2 nitrogen and oxygen atoms in total. The van der Waals surface area contributed by atoms with Crippen LogP contribution in [0.25, 0.3) is 21.7 Å². The third-order valence-electron chi connectivity index (χ3n) is 5.37. The minimum absolute atomic E-state index is 0.0229. The summed E-state index contributed by atoms with van der Waals surface area (Å²) in [6.45, 7) is 0.371. The Morgan fingerprint density at radius 1 is 0.724 bits per heavy atom. The van der Waals surface area contributed by atoms with Crippen LogP contribution in [-0.2, 0) is 6.54 Å². The third-order valence-corrected chi connectivity index (χ3v) is 5.37. The van der Waals surface area contributed by atoms with Gasteiger partial charge in [0.1, 0.15) is 5.82 Å². The van der Waals surface area contributed by atoms with Gasteiger partial charge in [-0.1, -0.05) is 78.9 Å². The Kier molecular flexibility index (Phi) is 4.21. The lowest BCUT2D eigenvalue weighted by atomic mass is 9.97. The van der Waals surface area contributed by atoms with Gasteiger partial charge in [-0.15, -0.1) is 0 Å². The molecule has 0 saturated heterocycles. The van der Waals surface area contributed by atoms with Crippen molar-refractivity contribution in [2.75, 3.05) is 0 Å². The number of carbonyl (C=O) groups is 1. The minimum Gasteiger partial charge on any atom is -0.342 e. The molecule has 0 saturated carbocycles. The van der Waals surface area contributed by atoms with Crippen LogP contribution in [0.5, 0.6) is 0 Å². The standard InChI is InChI=1S/C26H18FNO/c27-24-14-5-2-9-19(24)16-28-17-23(21-12-4-6-15-25(21)28)26(29)22-13-7-10-18-8-1-3-11-20(18)22/h1-15,17H,16H2. The van der Waals surface area contributed by atoms with Gasteiger partial charge in [-0.25, -0.2) is 4.39 Å². The summed E-state index contributed by atoms with van der Waals surface area (Å²) in [6, 6.07) is 28.2. The van der Waals surface area contributed by atoms with Crippen LogP contribution in [0.3, 0.4) is 0 Å². The third kappa shape index (κ3) is 3.01. The van der Waals surface area contributed by atoms with Crippen molar-refractivity contribution in [2.24, 2.45) is 0 Å². The van der Waals surface area contributed by atoms with Gasteiger partial charge < -0.3 is 4.57 Å². The lowest BCUT2D eigenvalue weighted by Crippen LogP contribution is -2.03. The fourth-order valence-corrected chi connectivity index (χ4v) is 3.94. The number of aromatic nitrogens is 1.